The van der Waals surface area contributed by atoms with Gasteiger partial charge in [-0.15, -0.1) is 0 Å². The number of hydrogen-bond donors (Lipinski definition) is 1. The number of carbonyl (C=O) groups excluding carboxylic acids is 2. The summed E-state index contributed by atoms with van der Waals surface area (Å²) in [5.74, 6) is -0.208. The number of benzene rings is 1. The highest BCUT2D eigenvalue weighted by Crippen LogP contribution is 2.22. The van der Waals surface area contributed by atoms with Crippen LogP contribution in [0.25, 0.3) is 0 Å². The summed E-state index contributed by atoms with van der Waals surface area (Å²) >= 11 is 0. The monoisotopic (exact) mass is 234 g/mol. The van der Waals surface area contributed by atoms with Crippen molar-refractivity contribution in [3.8, 4) is 0 Å². The Morgan fingerprint density at radius 2 is 2.24 bits per heavy atom. The maximum absolute atomic E-state index is 11.6. The summed E-state index contributed by atoms with van der Waals surface area (Å²) in [4.78, 5) is 24.6. The summed E-state index contributed by atoms with van der Waals surface area (Å²) in [7, 11) is 0. The molecule has 0 atom stereocenters. The van der Waals surface area contributed by atoms with Gasteiger partial charge in [0.05, 0.1) is 6.61 Å². The average molecular weight is 234 g/mol. The first-order chi connectivity index (χ1) is 8.09. The number of carbonyl (C=O) groups is 2. The van der Waals surface area contributed by atoms with Crippen LogP contribution in [0, 0.1) is 0 Å². The molecule has 0 bridgehead atoms. The number of nitrogen functional groups attached to an aromatic ring is 1. The van der Waals surface area contributed by atoms with E-state index in [-0.39, 0.29) is 18.3 Å². The van der Waals surface area contributed by atoms with Gasteiger partial charge in [0, 0.05) is 23.5 Å². The molecule has 0 saturated carbocycles. The van der Waals surface area contributed by atoms with Crippen LogP contribution >= 0.6 is 0 Å². The Morgan fingerprint density at radius 3 is 2.88 bits per heavy atom. The van der Waals surface area contributed by atoms with Gasteiger partial charge < -0.3 is 15.4 Å². The van der Waals surface area contributed by atoms with Crippen LogP contribution in [-0.4, -0.2) is 31.4 Å². The van der Waals surface area contributed by atoms with Gasteiger partial charge in [-0.25, -0.2) is 0 Å². The van der Waals surface area contributed by atoms with Gasteiger partial charge in [0.2, 0.25) is 0 Å². The first-order valence-electron chi connectivity index (χ1n) is 5.38. The lowest BCUT2D eigenvalue weighted by Crippen LogP contribution is -2.41. The van der Waals surface area contributed by atoms with Gasteiger partial charge >= 0.3 is 0 Å². The Hall–Kier alpha value is -1.88. The predicted octanol–water partition coefficient (Wildman–Crippen LogP) is 0.835. The third-order valence-corrected chi connectivity index (χ3v) is 2.71. The molecule has 1 saturated heterocycles. The number of Topliss-reactive ketones (excluding diaryl/α,β-unsaturated/α-hetero) is 1. The van der Waals surface area contributed by atoms with Crippen molar-refractivity contribution in [2.45, 2.75) is 6.92 Å². The number of ketones is 1. The molecule has 0 aliphatic carbocycles. The molecule has 5 heteroatoms. The fourth-order valence-corrected chi connectivity index (χ4v) is 1.81. The first kappa shape index (κ1) is 11.6. The molecule has 17 heavy (non-hydrogen) atoms. The second-order valence-corrected chi connectivity index (χ2v) is 3.93. The smallest absolute Gasteiger partial charge is 0.253 e. The van der Waals surface area contributed by atoms with E-state index in [4.69, 9.17) is 10.5 Å². The van der Waals surface area contributed by atoms with Crippen LogP contribution in [0.4, 0.5) is 11.4 Å². The average Bonchev–Trinajstić information content (AvgIpc) is 2.30. The second kappa shape index (κ2) is 4.55. The lowest BCUT2D eigenvalue weighted by Gasteiger charge is -2.27. The fraction of sp³-hybridized carbons (Fsp3) is 0.333. The molecule has 2 N–H and O–H groups in total. The van der Waals surface area contributed by atoms with Crippen molar-refractivity contribution in [3.05, 3.63) is 23.8 Å². The molecule has 0 radical (unpaired) electrons. The van der Waals surface area contributed by atoms with Crippen LogP contribution in [-0.2, 0) is 9.53 Å². The van der Waals surface area contributed by atoms with E-state index in [0.717, 1.165) is 0 Å². The molecule has 1 aliphatic rings. The molecule has 1 amide bonds. The van der Waals surface area contributed by atoms with Crippen LogP contribution in [0.2, 0.25) is 0 Å². The molecule has 1 aliphatic heterocycles. The Morgan fingerprint density at radius 1 is 1.47 bits per heavy atom. The number of ether oxygens (including phenoxy) is 1. The van der Waals surface area contributed by atoms with Crippen molar-refractivity contribution in [2.24, 2.45) is 0 Å². The number of hydrogen-bond acceptors (Lipinski definition) is 4. The number of nitrogens with zero attached hydrogens (tertiary/aromatic N) is 1. The van der Waals surface area contributed by atoms with Crippen LogP contribution in [0.3, 0.4) is 0 Å². The summed E-state index contributed by atoms with van der Waals surface area (Å²) in [6, 6.07) is 5.04. The van der Waals surface area contributed by atoms with Crippen LogP contribution in [0.5, 0.6) is 0 Å². The highest BCUT2D eigenvalue weighted by atomic mass is 16.5. The van der Waals surface area contributed by atoms with E-state index in [1.165, 1.54) is 6.92 Å². The molecule has 90 valence electrons. The van der Waals surface area contributed by atoms with Crippen molar-refractivity contribution in [1.29, 1.82) is 0 Å². The third-order valence-electron chi connectivity index (χ3n) is 2.71. The summed E-state index contributed by atoms with van der Waals surface area (Å²) in [6.07, 6.45) is 0. The Bertz CT molecular complexity index is 471. The molecule has 1 aromatic rings. The molecule has 0 spiro atoms. The maximum atomic E-state index is 11.6. The molecule has 0 unspecified atom stereocenters. The summed E-state index contributed by atoms with van der Waals surface area (Å²) in [6.45, 7) is 2.54. The van der Waals surface area contributed by atoms with Crippen molar-refractivity contribution in [2.75, 3.05) is 30.4 Å². The Balaban J connectivity index is 2.35. The van der Waals surface area contributed by atoms with Gasteiger partial charge in [0.15, 0.2) is 5.78 Å². The second-order valence-electron chi connectivity index (χ2n) is 3.93. The minimum atomic E-state index is -0.106. The summed E-state index contributed by atoms with van der Waals surface area (Å²) < 4.78 is 5.05. The summed E-state index contributed by atoms with van der Waals surface area (Å²) in [5, 5.41) is 0. The Labute approximate surface area is 99.2 Å². The topological polar surface area (TPSA) is 72.6 Å². The van der Waals surface area contributed by atoms with E-state index in [0.29, 0.717) is 30.1 Å². The molecule has 2 rings (SSSR count). The van der Waals surface area contributed by atoms with Gasteiger partial charge in [-0.3, -0.25) is 9.59 Å². The number of anilines is 2. The number of rotatable bonds is 2. The largest absolute Gasteiger partial charge is 0.398 e. The van der Waals surface area contributed by atoms with Crippen LogP contribution in [0.1, 0.15) is 17.3 Å². The van der Waals surface area contributed by atoms with E-state index in [1.54, 1.807) is 23.1 Å². The van der Waals surface area contributed by atoms with E-state index < -0.39 is 0 Å². The third kappa shape index (κ3) is 2.29. The van der Waals surface area contributed by atoms with Gasteiger partial charge in [0.1, 0.15) is 6.61 Å². The minimum Gasteiger partial charge on any atom is -0.398 e. The van der Waals surface area contributed by atoms with Crippen molar-refractivity contribution < 1.29 is 14.3 Å². The number of nitrogens with two attached hydrogens (primary N) is 1. The normalized spacial score (nSPS) is 16.1. The van der Waals surface area contributed by atoms with Gasteiger partial charge in [-0.05, 0) is 25.1 Å². The van der Waals surface area contributed by atoms with Gasteiger partial charge in [0.25, 0.3) is 5.91 Å². The highest BCUT2D eigenvalue weighted by molar-refractivity contribution is 6.02. The highest BCUT2D eigenvalue weighted by Gasteiger charge is 2.21. The SMILES string of the molecule is CC(=O)c1cc(N2CCOCC2=O)ccc1N. The molecule has 1 aromatic carbocycles. The van der Waals surface area contributed by atoms with Gasteiger partial charge in [-0.1, -0.05) is 0 Å². The van der Waals surface area contributed by atoms with Crippen molar-refractivity contribution >= 4 is 23.1 Å². The van der Waals surface area contributed by atoms with E-state index >= 15 is 0 Å². The lowest BCUT2D eigenvalue weighted by atomic mass is 10.1. The maximum Gasteiger partial charge on any atom is 0.253 e. The molecule has 1 fully saturated rings. The van der Waals surface area contributed by atoms with Crippen LogP contribution in [0.15, 0.2) is 18.2 Å². The zero-order chi connectivity index (χ0) is 12.4. The first-order valence-corrected chi connectivity index (χ1v) is 5.38. The van der Waals surface area contributed by atoms with E-state index in [2.05, 4.69) is 0 Å². The molecule has 5 nitrogen and oxygen atoms in total. The predicted molar refractivity (Wildman–Crippen MR) is 64.0 cm³/mol. The minimum absolute atomic E-state index is 0.0831. The quantitative estimate of drug-likeness (QED) is 0.607. The zero-order valence-electron chi connectivity index (χ0n) is 9.60. The fourth-order valence-electron chi connectivity index (χ4n) is 1.81. The van der Waals surface area contributed by atoms with E-state index in [1.807, 2.05) is 0 Å². The number of morpholine rings is 1. The lowest BCUT2D eigenvalue weighted by molar-refractivity contribution is -0.125. The van der Waals surface area contributed by atoms with Gasteiger partial charge in [-0.2, -0.15) is 0 Å². The van der Waals surface area contributed by atoms with Crippen molar-refractivity contribution in [1.82, 2.24) is 0 Å². The van der Waals surface area contributed by atoms with Crippen LogP contribution < -0.4 is 10.6 Å². The molecular formula is C12H14N2O3. The van der Waals surface area contributed by atoms with E-state index in [9.17, 15) is 9.59 Å². The summed E-state index contributed by atoms with van der Waals surface area (Å²) in [5.41, 5.74) is 7.28. The Kier molecular flexibility index (Phi) is 3.10. The molecular weight excluding hydrogens is 220 g/mol. The standard InChI is InChI=1S/C12H14N2O3/c1-8(15)10-6-9(2-3-11(10)13)14-4-5-17-7-12(14)16/h2-3,6H,4-5,7,13H2,1H3. The molecule has 1 heterocycles. The molecule has 0 aromatic heterocycles. The number of amides is 1. The van der Waals surface area contributed by atoms with Crippen molar-refractivity contribution in [3.63, 3.8) is 0 Å². The zero-order valence-corrected chi connectivity index (χ0v) is 9.60.